The number of hydrogen-bond acceptors (Lipinski definition) is 1. The number of carbonyl (C=O) groups excluding carboxylic acids is 1. The number of hydrogen-bond donors (Lipinski definition) is 2. The first-order valence-electron chi connectivity index (χ1n) is 3.21. The van der Waals surface area contributed by atoms with Crippen LogP contribution < -0.4 is 11.1 Å². The highest BCUT2D eigenvalue weighted by atomic mass is 79.9. The van der Waals surface area contributed by atoms with E-state index >= 15 is 0 Å². The van der Waals surface area contributed by atoms with Crippen LogP contribution in [0.1, 0.15) is 0 Å². The normalized spacial score (nSPS) is 9.77. The molecule has 0 unspecified atom stereocenters. The van der Waals surface area contributed by atoms with Crippen molar-refractivity contribution in [1.29, 1.82) is 0 Å². The molecule has 0 aromatic heterocycles. The van der Waals surface area contributed by atoms with Gasteiger partial charge < -0.3 is 11.1 Å². The Bertz CT molecular complexity index is 357. The molecule has 13 heavy (non-hydrogen) atoms. The second-order valence-corrected chi connectivity index (χ2v) is 3.09. The summed E-state index contributed by atoms with van der Waals surface area (Å²) in [4.78, 5) is 10.3. The van der Waals surface area contributed by atoms with Crippen LogP contribution in [0, 0.1) is 11.6 Å². The second-order valence-electron chi connectivity index (χ2n) is 2.24. The van der Waals surface area contributed by atoms with Gasteiger partial charge in [0.2, 0.25) is 0 Å². The van der Waals surface area contributed by atoms with Gasteiger partial charge in [-0.05, 0) is 22.0 Å². The summed E-state index contributed by atoms with van der Waals surface area (Å²) in [5.74, 6) is -1.43. The maximum atomic E-state index is 12.9. The van der Waals surface area contributed by atoms with Crippen LogP contribution in [0.5, 0.6) is 0 Å². The summed E-state index contributed by atoms with van der Waals surface area (Å²) < 4.78 is 25.7. The molecule has 0 aliphatic carbocycles. The van der Waals surface area contributed by atoms with Crippen LogP contribution in [0.2, 0.25) is 0 Å². The van der Waals surface area contributed by atoms with E-state index in [-0.39, 0.29) is 10.2 Å². The third-order valence-corrected chi connectivity index (χ3v) is 1.88. The second kappa shape index (κ2) is 3.69. The number of carbonyl (C=O) groups is 1. The molecule has 70 valence electrons. The number of benzene rings is 1. The van der Waals surface area contributed by atoms with E-state index in [0.29, 0.717) is 0 Å². The van der Waals surface area contributed by atoms with E-state index < -0.39 is 17.7 Å². The number of rotatable bonds is 1. The van der Waals surface area contributed by atoms with Gasteiger partial charge >= 0.3 is 6.03 Å². The van der Waals surface area contributed by atoms with Crippen LogP contribution in [0.3, 0.4) is 0 Å². The van der Waals surface area contributed by atoms with Crippen LogP contribution in [0.25, 0.3) is 0 Å². The summed E-state index contributed by atoms with van der Waals surface area (Å²) in [6, 6.07) is 0.797. The van der Waals surface area contributed by atoms with E-state index in [9.17, 15) is 13.6 Å². The fourth-order valence-corrected chi connectivity index (χ4v) is 1.07. The van der Waals surface area contributed by atoms with Gasteiger partial charge in [-0.1, -0.05) is 0 Å². The molecule has 0 bridgehead atoms. The molecule has 0 aliphatic heterocycles. The summed E-state index contributed by atoms with van der Waals surface area (Å²) in [5, 5.41) is 1.94. The van der Waals surface area contributed by atoms with Gasteiger partial charge in [0, 0.05) is 6.07 Å². The molecule has 0 fully saturated rings. The Morgan fingerprint density at radius 3 is 2.54 bits per heavy atom. The number of amides is 2. The number of primary amides is 1. The van der Waals surface area contributed by atoms with Crippen molar-refractivity contribution in [2.75, 3.05) is 5.32 Å². The van der Waals surface area contributed by atoms with Crippen molar-refractivity contribution in [3.63, 3.8) is 0 Å². The molecule has 0 radical (unpaired) electrons. The molecule has 1 rings (SSSR count). The average molecular weight is 251 g/mol. The Morgan fingerprint density at radius 2 is 2.00 bits per heavy atom. The van der Waals surface area contributed by atoms with E-state index in [1.165, 1.54) is 0 Å². The number of nitrogens with one attached hydrogen (secondary N) is 1. The molecule has 0 saturated heterocycles. The Balaban J connectivity index is 3.08. The lowest BCUT2D eigenvalue weighted by molar-refractivity contribution is 0.259. The predicted molar refractivity (Wildman–Crippen MR) is 47.3 cm³/mol. The minimum atomic E-state index is -0.944. The van der Waals surface area contributed by atoms with Crippen LogP contribution in [-0.4, -0.2) is 6.03 Å². The lowest BCUT2D eigenvalue weighted by Gasteiger charge is -2.04. The molecule has 0 heterocycles. The molecule has 2 amide bonds. The van der Waals surface area contributed by atoms with E-state index in [2.05, 4.69) is 15.9 Å². The van der Waals surface area contributed by atoms with Gasteiger partial charge in [-0.3, -0.25) is 0 Å². The zero-order valence-electron chi connectivity index (χ0n) is 6.27. The van der Waals surface area contributed by atoms with Gasteiger partial charge in [0.25, 0.3) is 0 Å². The maximum absolute atomic E-state index is 12.9. The van der Waals surface area contributed by atoms with Gasteiger partial charge in [0.15, 0.2) is 0 Å². The van der Waals surface area contributed by atoms with Crippen LogP contribution in [0.15, 0.2) is 16.6 Å². The van der Waals surface area contributed by atoms with Crippen LogP contribution >= 0.6 is 15.9 Å². The van der Waals surface area contributed by atoms with Crippen molar-refractivity contribution < 1.29 is 13.6 Å². The Labute approximate surface area is 81.0 Å². The minimum absolute atomic E-state index is 0.0139. The standard InChI is InChI=1S/C7H5BrF2N2O/c8-3-1-5(10)6(2-4(3)9)12-7(11)13/h1-2H,(H3,11,12,13). The Kier molecular flexibility index (Phi) is 2.82. The third-order valence-electron chi connectivity index (χ3n) is 1.27. The molecular weight excluding hydrogens is 246 g/mol. The van der Waals surface area contributed by atoms with Gasteiger partial charge in [-0.15, -0.1) is 0 Å². The summed E-state index contributed by atoms with van der Waals surface area (Å²) in [7, 11) is 0. The van der Waals surface area contributed by atoms with Crippen molar-refractivity contribution in [2.24, 2.45) is 5.73 Å². The minimum Gasteiger partial charge on any atom is -0.351 e. The Hall–Kier alpha value is -1.17. The molecule has 6 heteroatoms. The fourth-order valence-electron chi connectivity index (χ4n) is 0.751. The maximum Gasteiger partial charge on any atom is 0.316 e. The molecule has 0 aliphatic rings. The van der Waals surface area contributed by atoms with Crippen molar-refractivity contribution in [2.45, 2.75) is 0 Å². The Morgan fingerprint density at radius 1 is 1.38 bits per heavy atom. The number of halogens is 3. The molecule has 0 atom stereocenters. The quantitative estimate of drug-likeness (QED) is 0.738. The van der Waals surface area contributed by atoms with Crippen LogP contribution in [-0.2, 0) is 0 Å². The number of nitrogens with two attached hydrogens (primary N) is 1. The van der Waals surface area contributed by atoms with Gasteiger partial charge in [-0.25, -0.2) is 13.6 Å². The summed E-state index contributed by atoms with van der Waals surface area (Å²) >= 11 is 2.79. The van der Waals surface area contributed by atoms with Crippen molar-refractivity contribution in [3.8, 4) is 0 Å². The van der Waals surface area contributed by atoms with Crippen molar-refractivity contribution >= 4 is 27.6 Å². The first-order chi connectivity index (χ1) is 6.00. The smallest absolute Gasteiger partial charge is 0.316 e. The van der Waals surface area contributed by atoms with E-state index in [4.69, 9.17) is 5.73 Å². The zero-order chi connectivity index (χ0) is 10.0. The van der Waals surface area contributed by atoms with Crippen molar-refractivity contribution in [1.82, 2.24) is 0 Å². The molecule has 1 aromatic carbocycles. The zero-order valence-corrected chi connectivity index (χ0v) is 7.86. The van der Waals surface area contributed by atoms with Gasteiger partial charge in [0.05, 0.1) is 10.2 Å². The van der Waals surface area contributed by atoms with E-state index in [0.717, 1.165) is 12.1 Å². The summed E-state index contributed by atoms with van der Waals surface area (Å²) in [6.07, 6.45) is 0. The summed E-state index contributed by atoms with van der Waals surface area (Å²) in [5.41, 5.74) is 4.45. The number of urea groups is 1. The molecule has 3 nitrogen and oxygen atoms in total. The van der Waals surface area contributed by atoms with Crippen LogP contribution in [0.4, 0.5) is 19.3 Å². The number of anilines is 1. The highest BCUT2D eigenvalue weighted by Crippen LogP contribution is 2.22. The highest BCUT2D eigenvalue weighted by molar-refractivity contribution is 9.10. The molecule has 0 saturated carbocycles. The molecule has 1 aromatic rings. The van der Waals surface area contributed by atoms with Crippen molar-refractivity contribution in [3.05, 3.63) is 28.2 Å². The molecular formula is C7H5BrF2N2O. The predicted octanol–water partition coefficient (Wildman–Crippen LogP) is 2.22. The SMILES string of the molecule is NC(=O)Nc1cc(F)c(Br)cc1F. The first kappa shape index (κ1) is 9.91. The van der Waals surface area contributed by atoms with E-state index in [1.54, 1.807) is 0 Å². The summed E-state index contributed by atoms with van der Waals surface area (Å²) in [6.45, 7) is 0. The lowest BCUT2D eigenvalue weighted by Crippen LogP contribution is -2.20. The highest BCUT2D eigenvalue weighted by Gasteiger charge is 2.08. The fraction of sp³-hybridized carbons (Fsp3) is 0. The lowest BCUT2D eigenvalue weighted by atomic mass is 10.3. The first-order valence-corrected chi connectivity index (χ1v) is 4.01. The van der Waals surface area contributed by atoms with Gasteiger partial charge in [-0.2, -0.15) is 0 Å². The topological polar surface area (TPSA) is 55.1 Å². The van der Waals surface area contributed by atoms with Gasteiger partial charge in [0.1, 0.15) is 11.6 Å². The third kappa shape index (κ3) is 2.38. The molecule has 0 spiro atoms. The molecule has 3 N–H and O–H groups in total. The average Bonchev–Trinajstić information content (AvgIpc) is 1.99. The van der Waals surface area contributed by atoms with E-state index in [1.807, 2.05) is 5.32 Å². The monoisotopic (exact) mass is 250 g/mol. The largest absolute Gasteiger partial charge is 0.351 e.